The number of rotatable bonds is 2. The fraction of sp³-hybridized carbons (Fsp3) is 0.125. The van der Waals surface area contributed by atoms with Gasteiger partial charge in [-0.1, -0.05) is 6.07 Å². The quantitative estimate of drug-likeness (QED) is 0.761. The van der Waals surface area contributed by atoms with Crippen molar-refractivity contribution in [1.29, 1.82) is 0 Å². The first-order chi connectivity index (χ1) is 10.0. The van der Waals surface area contributed by atoms with Crippen LogP contribution in [0.15, 0.2) is 40.5 Å². The minimum absolute atomic E-state index is 0.137. The van der Waals surface area contributed by atoms with E-state index in [2.05, 4.69) is 10.3 Å². The minimum Gasteiger partial charge on any atom is -0.322 e. The number of aromatic amines is 1. The molecule has 0 saturated carbocycles. The molecule has 2 heterocycles. The Labute approximate surface area is 125 Å². The van der Waals surface area contributed by atoms with E-state index < -0.39 is 0 Å². The predicted octanol–water partition coefficient (Wildman–Crippen LogP) is 3.46. The molecule has 0 spiro atoms. The molecule has 3 rings (SSSR count). The summed E-state index contributed by atoms with van der Waals surface area (Å²) in [6.45, 7) is 3.85. The lowest BCUT2D eigenvalue weighted by Crippen LogP contribution is -2.11. The van der Waals surface area contributed by atoms with Crippen molar-refractivity contribution >= 4 is 33.8 Å². The number of H-pyrrole nitrogens is 1. The molecule has 106 valence electrons. The molecule has 3 aromatic rings. The van der Waals surface area contributed by atoms with Crippen molar-refractivity contribution in [3.05, 3.63) is 62.1 Å². The maximum atomic E-state index is 12.1. The van der Waals surface area contributed by atoms with Crippen LogP contribution in [-0.2, 0) is 0 Å². The smallest absolute Gasteiger partial charge is 0.265 e. The van der Waals surface area contributed by atoms with Crippen LogP contribution in [0.5, 0.6) is 0 Å². The first kappa shape index (κ1) is 13.6. The number of hydrogen-bond donors (Lipinski definition) is 2. The Kier molecular flexibility index (Phi) is 3.35. The van der Waals surface area contributed by atoms with Crippen LogP contribution in [0.4, 0.5) is 5.69 Å². The standard InChI is InChI=1S/C16H14N2O2S/c1-9-5-14(21-8-9)16(20)17-11-3-4-12-10(2)6-15(19)18-13(12)7-11/h3-8H,1-2H3,(H,17,20)(H,18,19). The zero-order valence-corrected chi connectivity index (χ0v) is 12.5. The topological polar surface area (TPSA) is 62.0 Å². The zero-order valence-electron chi connectivity index (χ0n) is 11.7. The maximum Gasteiger partial charge on any atom is 0.265 e. The Bertz CT molecular complexity index is 893. The van der Waals surface area contributed by atoms with Crippen LogP contribution in [0, 0.1) is 13.8 Å². The van der Waals surface area contributed by atoms with Crippen molar-refractivity contribution < 1.29 is 4.79 Å². The van der Waals surface area contributed by atoms with E-state index in [0.29, 0.717) is 10.6 Å². The Morgan fingerprint density at radius 2 is 2.00 bits per heavy atom. The van der Waals surface area contributed by atoms with Gasteiger partial charge in [-0.3, -0.25) is 9.59 Å². The summed E-state index contributed by atoms with van der Waals surface area (Å²) in [6.07, 6.45) is 0. The lowest BCUT2D eigenvalue weighted by atomic mass is 10.1. The average Bonchev–Trinajstić information content (AvgIpc) is 2.85. The molecule has 0 aliphatic heterocycles. The van der Waals surface area contributed by atoms with Crippen molar-refractivity contribution in [2.45, 2.75) is 13.8 Å². The van der Waals surface area contributed by atoms with Crippen LogP contribution in [0.25, 0.3) is 10.9 Å². The highest BCUT2D eigenvalue weighted by atomic mass is 32.1. The number of pyridine rings is 1. The molecular weight excluding hydrogens is 284 g/mol. The number of thiophene rings is 1. The van der Waals surface area contributed by atoms with E-state index in [9.17, 15) is 9.59 Å². The molecule has 0 aliphatic rings. The molecule has 0 aliphatic carbocycles. The Morgan fingerprint density at radius 3 is 2.71 bits per heavy atom. The molecule has 2 N–H and O–H groups in total. The monoisotopic (exact) mass is 298 g/mol. The van der Waals surface area contributed by atoms with Gasteiger partial charge >= 0.3 is 0 Å². The molecular formula is C16H14N2O2S. The molecule has 2 aromatic heterocycles. The number of aryl methyl sites for hydroxylation is 2. The van der Waals surface area contributed by atoms with E-state index in [4.69, 9.17) is 0 Å². The summed E-state index contributed by atoms with van der Waals surface area (Å²) in [5.74, 6) is -0.137. The number of hydrogen-bond acceptors (Lipinski definition) is 3. The van der Waals surface area contributed by atoms with E-state index in [0.717, 1.165) is 22.0 Å². The molecule has 21 heavy (non-hydrogen) atoms. The zero-order chi connectivity index (χ0) is 15.0. The molecule has 0 saturated heterocycles. The third kappa shape index (κ3) is 2.73. The first-order valence-corrected chi connectivity index (χ1v) is 7.41. The summed E-state index contributed by atoms with van der Waals surface area (Å²) in [5.41, 5.74) is 3.24. The summed E-state index contributed by atoms with van der Waals surface area (Å²) in [4.78, 5) is 27.1. The number of anilines is 1. The largest absolute Gasteiger partial charge is 0.322 e. The second-order valence-corrected chi connectivity index (χ2v) is 5.93. The lowest BCUT2D eigenvalue weighted by molar-refractivity contribution is 0.103. The van der Waals surface area contributed by atoms with Gasteiger partial charge in [0.05, 0.1) is 10.4 Å². The second-order valence-electron chi connectivity index (χ2n) is 5.02. The number of amides is 1. The molecule has 0 radical (unpaired) electrons. The molecule has 0 bridgehead atoms. The first-order valence-electron chi connectivity index (χ1n) is 6.53. The van der Waals surface area contributed by atoms with E-state index in [-0.39, 0.29) is 11.5 Å². The van der Waals surface area contributed by atoms with Crippen LogP contribution in [0.2, 0.25) is 0 Å². The van der Waals surface area contributed by atoms with Crippen molar-refractivity contribution in [3.63, 3.8) is 0 Å². The number of aromatic nitrogens is 1. The van der Waals surface area contributed by atoms with Gasteiger partial charge in [0.1, 0.15) is 0 Å². The van der Waals surface area contributed by atoms with Gasteiger partial charge in [-0.15, -0.1) is 11.3 Å². The number of carbonyl (C=O) groups is 1. The van der Waals surface area contributed by atoms with E-state index in [1.165, 1.54) is 11.3 Å². The summed E-state index contributed by atoms with van der Waals surface area (Å²) < 4.78 is 0. The van der Waals surface area contributed by atoms with Gasteiger partial charge in [-0.2, -0.15) is 0 Å². The summed E-state index contributed by atoms with van der Waals surface area (Å²) in [5, 5.41) is 5.76. The molecule has 0 unspecified atom stereocenters. The van der Waals surface area contributed by atoms with Gasteiger partial charge in [-0.05, 0) is 48.6 Å². The third-order valence-electron chi connectivity index (χ3n) is 3.26. The van der Waals surface area contributed by atoms with E-state index in [1.54, 1.807) is 12.1 Å². The van der Waals surface area contributed by atoms with Gasteiger partial charge in [0.15, 0.2) is 0 Å². The van der Waals surface area contributed by atoms with Crippen LogP contribution in [0.1, 0.15) is 20.8 Å². The highest BCUT2D eigenvalue weighted by molar-refractivity contribution is 7.12. The van der Waals surface area contributed by atoms with E-state index >= 15 is 0 Å². The van der Waals surface area contributed by atoms with Gasteiger partial charge in [0, 0.05) is 17.1 Å². The van der Waals surface area contributed by atoms with Crippen molar-refractivity contribution in [2.24, 2.45) is 0 Å². The van der Waals surface area contributed by atoms with Crippen molar-refractivity contribution in [3.8, 4) is 0 Å². The molecule has 0 fully saturated rings. The normalized spacial score (nSPS) is 10.8. The summed E-state index contributed by atoms with van der Waals surface area (Å²) in [7, 11) is 0. The Morgan fingerprint density at radius 1 is 1.19 bits per heavy atom. The van der Waals surface area contributed by atoms with Crippen molar-refractivity contribution in [1.82, 2.24) is 4.98 Å². The van der Waals surface area contributed by atoms with Gasteiger partial charge in [0.2, 0.25) is 5.56 Å². The average molecular weight is 298 g/mol. The van der Waals surface area contributed by atoms with Gasteiger partial charge in [0.25, 0.3) is 5.91 Å². The second kappa shape index (κ2) is 5.18. The molecule has 1 amide bonds. The van der Waals surface area contributed by atoms with Crippen molar-refractivity contribution in [2.75, 3.05) is 5.32 Å². The number of nitrogens with one attached hydrogen (secondary N) is 2. The highest BCUT2D eigenvalue weighted by Gasteiger charge is 2.09. The Balaban J connectivity index is 1.94. The lowest BCUT2D eigenvalue weighted by Gasteiger charge is -2.06. The van der Waals surface area contributed by atoms with E-state index in [1.807, 2.05) is 37.4 Å². The van der Waals surface area contributed by atoms with Crippen LogP contribution in [-0.4, -0.2) is 10.9 Å². The predicted molar refractivity (Wildman–Crippen MR) is 86.3 cm³/mol. The van der Waals surface area contributed by atoms with Gasteiger partial charge in [-0.25, -0.2) is 0 Å². The number of benzene rings is 1. The fourth-order valence-corrected chi connectivity index (χ4v) is 3.05. The maximum absolute atomic E-state index is 12.1. The third-order valence-corrected chi connectivity index (χ3v) is 4.31. The minimum atomic E-state index is -0.141. The van der Waals surface area contributed by atoms with Crippen LogP contribution >= 0.6 is 11.3 Å². The fourth-order valence-electron chi connectivity index (χ4n) is 2.26. The SMILES string of the molecule is Cc1csc(C(=O)Nc2ccc3c(C)cc(=O)[nH]c3c2)c1. The molecule has 0 atom stereocenters. The molecule has 1 aromatic carbocycles. The highest BCUT2D eigenvalue weighted by Crippen LogP contribution is 2.21. The summed E-state index contributed by atoms with van der Waals surface area (Å²) in [6, 6.07) is 8.94. The van der Waals surface area contributed by atoms with Crippen LogP contribution in [0.3, 0.4) is 0 Å². The van der Waals surface area contributed by atoms with Crippen LogP contribution < -0.4 is 10.9 Å². The molecule has 4 nitrogen and oxygen atoms in total. The summed E-state index contributed by atoms with van der Waals surface area (Å²) >= 11 is 1.42. The molecule has 5 heteroatoms. The van der Waals surface area contributed by atoms with Gasteiger partial charge < -0.3 is 10.3 Å². The Hall–Kier alpha value is -2.40. The number of fused-ring (bicyclic) bond motifs is 1. The number of carbonyl (C=O) groups excluding carboxylic acids is 1.